The Morgan fingerprint density at radius 3 is 2.59 bits per heavy atom. The lowest BCUT2D eigenvalue weighted by molar-refractivity contribution is 0.391. The van der Waals surface area contributed by atoms with Crippen molar-refractivity contribution in [1.82, 2.24) is 13.7 Å². The van der Waals surface area contributed by atoms with Gasteiger partial charge < -0.3 is 4.40 Å². The number of pyridine rings is 1. The maximum absolute atomic E-state index is 13.3. The lowest BCUT2D eigenvalue weighted by Gasteiger charge is -2.28. The number of sulfonamides is 1. The van der Waals surface area contributed by atoms with Crippen molar-refractivity contribution in [3.63, 3.8) is 0 Å². The summed E-state index contributed by atoms with van der Waals surface area (Å²) in [5.41, 5.74) is 2.64. The summed E-state index contributed by atoms with van der Waals surface area (Å²) in [6.07, 6.45) is 2.39. The number of nitrogens with zero attached hydrogens (tertiary/aromatic N) is 3. The molecule has 0 radical (unpaired) electrons. The van der Waals surface area contributed by atoms with E-state index in [1.54, 1.807) is 22.7 Å². The molecule has 8 heteroatoms. The van der Waals surface area contributed by atoms with Gasteiger partial charge in [0.25, 0.3) is 5.56 Å². The first-order valence-corrected chi connectivity index (χ1v) is 10.9. The number of halogens is 1. The molecule has 0 fully saturated rings. The second-order valence-corrected chi connectivity index (χ2v) is 9.32. The largest absolute Gasteiger partial charge is 0.301 e. The van der Waals surface area contributed by atoms with Crippen LogP contribution in [0.5, 0.6) is 0 Å². The summed E-state index contributed by atoms with van der Waals surface area (Å²) in [4.78, 5) is 16.5. The Balaban J connectivity index is 1.67. The molecular weight excluding hydrogens is 410 g/mol. The van der Waals surface area contributed by atoms with Gasteiger partial charge in [0.1, 0.15) is 10.5 Å². The molecule has 4 aromatic rings. The van der Waals surface area contributed by atoms with E-state index in [9.17, 15) is 13.2 Å². The number of aromatic nitrogens is 2. The SMILES string of the molecule is O=c1nc2ccccn2c2cc(Cl)c(S(=O)(=O)N3CCc4ccccc4C3)cc12. The van der Waals surface area contributed by atoms with Crippen LogP contribution in [-0.4, -0.2) is 28.7 Å². The summed E-state index contributed by atoms with van der Waals surface area (Å²) in [5.74, 6) is 0. The number of fused-ring (bicyclic) bond motifs is 4. The smallest absolute Gasteiger partial charge is 0.281 e. The first-order valence-electron chi connectivity index (χ1n) is 9.13. The topological polar surface area (TPSA) is 71.8 Å². The number of hydrogen-bond donors (Lipinski definition) is 0. The normalized spacial score (nSPS) is 14.9. The van der Waals surface area contributed by atoms with E-state index in [0.29, 0.717) is 24.1 Å². The fourth-order valence-electron chi connectivity index (χ4n) is 3.82. The minimum Gasteiger partial charge on any atom is -0.301 e. The van der Waals surface area contributed by atoms with Gasteiger partial charge in [0.15, 0.2) is 0 Å². The van der Waals surface area contributed by atoms with Crippen molar-refractivity contribution in [3.05, 3.63) is 87.3 Å². The van der Waals surface area contributed by atoms with E-state index in [-0.39, 0.29) is 21.8 Å². The van der Waals surface area contributed by atoms with E-state index in [4.69, 9.17) is 11.6 Å². The zero-order chi connectivity index (χ0) is 20.2. The Morgan fingerprint density at radius 2 is 1.76 bits per heavy atom. The summed E-state index contributed by atoms with van der Waals surface area (Å²) in [6, 6.07) is 16.0. The molecule has 2 aromatic carbocycles. The van der Waals surface area contributed by atoms with Crippen LogP contribution >= 0.6 is 11.6 Å². The van der Waals surface area contributed by atoms with Gasteiger partial charge in [-0.15, -0.1) is 0 Å². The van der Waals surface area contributed by atoms with Crippen LogP contribution in [0.15, 0.2) is 70.5 Å². The maximum Gasteiger partial charge on any atom is 0.281 e. The van der Waals surface area contributed by atoms with Gasteiger partial charge in [-0.2, -0.15) is 9.29 Å². The van der Waals surface area contributed by atoms with Gasteiger partial charge >= 0.3 is 0 Å². The van der Waals surface area contributed by atoms with Crippen LogP contribution in [0.3, 0.4) is 0 Å². The molecule has 6 nitrogen and oxygen atoms in total. The van der Waals surface area contributed by atoms with Crippen molar-refractivity contribution in [2.24, 2.45) is 0 Å². The van der Waals surface area contributed by atoms with Gasteiger partial charge in [0.05, 0.1) is 15.9 Å². The van der Waals surface area contributed by atoms with Crippen molar-refractivity contribution < 1.29 is 8.42 Å². The lowest BCUT2D eigenvalue weighted by atomic mass is 10.0. The van der Waals surface area contributed by atoms with Gasteiger partial charge in [-0.3, -0.25) is 4.79 Å². The van der Waals surface area contributed by atoms with Gasteiger partial charge in [-0.25, -0.2) is 8.42 Å². The summed E-state index contributed by atoms with van der Waals surface area (Å²) >= 11 is 6.42. The standard InChI is InChI=1S/C21H16ClN3O3S/c22-17-12-18-16(21(26)23-20-7-3-4-9-25(18)20)11-19(17)29(27,28)24-10-8-14-5-1-2-6-15(14)13-24/h1-7,9,11-12H,8,10,13H2. The third-order valence-corrected chi connectivity index (χ3v) is 7.62. The molecule has 5 rings (SSSR count). The van der Waals surface area contributed by atoms with Gasteiger partial charge in [0.2, 0.25) is 10.0 Å². The van der Waals surface area contributed by atoms with E-state index < -0.39 is 15.6 Å². The molecule has 1 aliphatic rings. The van der Waals surface area contributed by atoms with Crippen LogP contribution in [0, 0.1) is 0 Å². The van der Waals surface area contributed by atoms with Crippen LogP contribution < -0.4 is 5.56 Å². The van der Waals surface area contributed by atoms with Crippen LogP contribution in [-0.2, 0) is 23.0 Å². The van der Waals surface area contributed by atoms with Gasteiger partial charge in [0, 0.05) is 19.3 Å². The van der Waals surface area contributed by atoms with Crippen LogP contribution in [0.2, 0.25) is 5.02 Å². The highest BCUT2D eigenvalue weighted by Gasteiger charge is 2.30. The maximum atomic E-state index is 13.3. The third-order valence-electron chi connectivity index (χ3n) is 5.31. The summed E-state index contributed by atoms with van der Waals surface area (Å²) in [7, 11) is -3.87. The molecule has 0 saturated carbocycles. The zero-order valence-electron chi connectivity index (χ0n) is 15.2. The predicted molar refractivity (Wildman–Crippen MR) is 112 cm³/mol. The highest BCUT2D eigenvalue weighted by atomic mass is 35.5. The minimum atomic E-state index is -3.87. The number of hydrogen-bond acceptors (Lipinski definition) is 4. The lowest BCUT2D eigenvalue weighted by Crippen LogP contribution is -2.36. The Bertz CT molecular complexity index is 1450. The Hall–Kier alpha value is -2.74. The average Bonchev–Trinajstić information content (AvgIpc) is 2.73. The first kappa shape index (κ1) is 18.3. The monoisotopic (exact) mass is 425 g/mol. The molecule has 0 spiro atoms. The molecule has 0 aliphatic carbocycles. The van der Waals surface area contributed by atoms with Crippen molar-refractivity contribution in [3.8, 4) is 0 Å². The van der Waals surface area contributed by atoms with Crippen molar-refractivity contribution in [2.75, 3.05) is 6.54 Å². The van der Waals surface area contributed by atoms with Crippen LogP contribution in [0.25, 0.3) is 16.6 Å². The Morgan fingerprint density at radius 1 is 1.00 bits per heavy atom. The molecule has 0 N–H and O–H groups in total. The fourth-order valence-corrected chi connectivity index (χ4v) is 5.76. The minimum absolute atomic E-state index is 0.0687. The first-order chi connectivity index (χ1) is 13.9. The molecule has 0 unspecified atom stereocenters. The second-order valence-electron chi connectivity index (χ2n) is 7.00. The average molecular weight is 426 g/mol. The molecule has 0 atom stereocenters. The van der Waals surface area contributed by atoms with Gasteiger partial charge in [-0.1, -0.05) is 41.9 Å². The molecule has 146 valence electrons. The van der Waals surface area contributed by atoms with E-state index in [1.807, 2.05) is 30.3 Å². The Labute approximate surface area is 172 Å². The van der Waals surface area contributed by atoms with E-state index in [0.717, 1.165) is 11.1 Å². The molecule has 0 amide bonds. The van der Waals surface area contributed by atoms with E-state index in [2.05, 4.69) is 4.98 Å². The van der Waals surface area contributed by atoms with Crippen molar-refractivity contribution in [2.45, 2.75) is 17.9 Å². The van der Waals surface area contributed by atoms with Crippen molar-refractivity contribution in [1.29, 1.82) is 0 Å². The quantitative estimate of drug-likeness (QED) is 0.462. The second kappa shape index (κ2) is 6.66. The molecule has 1 aliphatic heterocycles. The van der Waals surface area contributed by atoms with Crippen molar-refractivity contribution >= 4 is 38.2 Å². The predicted octanol–water partition coefficient (Wildman–Crippen LogP) is 3.25. The number of benzene rings is 2. The summed E-state index contributed by atoms with van der Waals surface area (Å²) in [6.45, 7) is 0.643. The zero-order valence-corrected chi connectivity index (χ0v) is 16.8. The molecule has 2 aromatic heterocycles. The van der Waals surface area contributed by atoms with Crippen LogP contribution in [0.4, 0.5) is 0 Å². The van der Waals surface area contributed by atoms with E-state index in [1.165, 1.54) is 16.4 Å². The molecular formula is C21H16ClN3O3S. The Kier molecular flexibility index (Phi) is 4.20. The molecule has 3 heterocycles. The van der Waals surface area contributed by atoms with Crippen LogP contribution in [0.1, 0.15) is 11.1 Å². The molecule has 0 bridgehead atoms. The number of rotatable bonds is 2. The summed E-state index contributed by atoms with van der Waals surface area (Å²) in [5, 5.41) is 0.300. The fraction of sp³-hybridized carbons (Fsp3) is 0.143. The molecule has 0 saturated heterocycles. The summed E-state index contributed by atoms with van der Waals surface area (Å²) < 4.78 is 29.8. The van der Waals surface area contributed by atoms with E-state index >= 15 is 0 Å². The van der Waals surface area contributed by atoms with Gasteiger partial charge in [-0.05, 0) is 41.8 Å². The third kappa shape index (κ3) is 2.93. The highest BCUT2D eigenvalue weighted by molar-refractivity contribution is 7.89. The molecule has 29 heavy (non-hydrogen) atoms. The highest BCUT2D eigenvalue weighted by Crippen LogP contribution is 2.31.